The molecule has 0 aliphatic heterocycles. The molecule has 2 aromatic rings. The molecule has 0 fully saturated rings. The Morgan fingerprint density at radius 1 is 1.17 bits per heavy atom. The van der Waals surface area contributed by atoms with E-state index in [-0.39, 0.29) is 12.5 Å². The number of carbonyl (C=O) groups is 1. The molecule has 0 saturated heterocycles. The van der Waals surface area contributed by atoms with Crippen molar-refractivity contribution in [2.45, 2.75) is 13.8 Å². The number of allylic oxidation sites excluding steroid dienone is 1. The number of hydrazone groups is 1. The fraction of sp³-hybridized carbons (Fsp3) is 0.158. The first-order valence-corrected chi connectivity index (χ1v) is 7.38. The van der Waals surface area contributed by atoms with Crippen molar-refractivity contribution in [2.75, 3.05) is 6.61 Å². The Labute approximate surface area is 136 Å². The van der Waals surface area contributed by atoms with Crippen molar-refractivity contribution >= 4 is 18.2 Å². The zero-order chi connectivity index (χ0) is 16.5. The largest absolute Gasteiger partial charge is 0.484 e. The Bertz CT molecular complexity index is 706. The van der Waals surface area contributed by atoms with Crippen molar-refractivity contribution in [3.63, 3.8) is 0 Å². The first kappa shape index (κ1) is 16.5. The standard InChI is InChI=1S/C19H20N2O2/c1-15-7-6-10-18(12-15)23-14-19(22)21-20-13-16(2)11-17-8-4-3-5-9-17/h3-13H,14H2,1-2H3,(H,21,22). The van der Waals surface area contributed by atoms with E-state index in [1.165, 1.54) is 0 Å². The molecule has 0 aromatic heterocycles. The molecular formula is C19H20N2O2. The van der Waals surface area contributed by atoms with Gasteiger partial charge >= 0.3 is 0 Å². The minimum atomic E-state index is -0.296. The van der Waals surface area contributed by atoms with Gasteiger partial charge in [0.15, 0.2) is 6.61 Å². The van der Waals surface area contributed by atoms with Crippen LogP contribution in [0.3, 0.4) is 0 Å². The molecule has 0 aliphatic rings. The highest BCUT2D eigenvalue weighted by molar-refractivity contribution is 5.86. The van der Waals surface area contributed by atoms with Gasteiger partial charge in [0.2, 0.25) is 0 Å². The molecular weight excluding hydrogens is 288 g/mol. The van der Waals surface area contributed by atoms with Gasteiger partial charge in [-0.2, -0.15) is 5.10 Å². The number of nitrogens with one attached hydrogen (secondary N) is 1. The lowest BCUT2D eigenvalue weighted by Gasteiger charge is -2.05. The number of amides is 1. The summed E-state index contributed by atoms with van der Waals surface area (Å²) in [4.78, 5) is 11.7. The zero-order valence-electron chi connectivity index (χ0n) is 13.3. The van der Waals surface area contributed by atoms with Crippen LogP contribution in [0.2, 0.25) is 0 Å². The maximum absolute atomic E-state index is 11.7. The first-order chi connectivity index (χ1) is 11.1. The van der Waals surface area contributed by atoms with E-state index in [1.807, 2.05) is 74.5 Å². The molecule has 0 radical (unpaired) electrons. The van der Waals surface area contributed by atoms with E-state index in [9.17, 15) is 4.79 Å². The molecule has 1 N–H and O–H groups in total. The van der Waals surface area contributed by atoms with Gasteiger partial charge in [0.1, 0.15) is 5.75 Å². The van der Waals surface area contributed by atoms with Gasteiger partial charge in [-0.25, -0.2) is 5.43 Å². The van der Waals surface area contributed by atoms with Crippen molar-refractivity contribution in [1.82, 2.24) is 5.43 Å². The number of benzene rings is 2. The van der Waals surface area contributed by atoms with Crippen LogP contribution in [0.15, 0.2) is 65.3 Å². The molecule has 4 nitrogen and oxygen atoms in total. The zero-order valence-corrected chi connectivity index (χ0v) is 13.3. The summed E-state index contributed by atoms with van der Waals surface area (Å²) < 4.78 is 5.40. The van der Waals surface area contributed by atoms with Gasteiger partial charge in [0, 0.05) is 0 Å². The number of hydrogen-bond donors (Lipinski definition) is 1. The van der Waals surface area contributed by atoms with Gasteiger partial charge in [0.25, 0.3) is 5.91 Å². The summed E-state index contributed by atoms with van der Waals surface area (Å²) in [7, 11) is 0. The van der Waals surface area contributed by atoms with Crippen LogP contribution in [0.1, 0.15) is 18.1 Å². The second kappa shape index (κ2) is 8.54. The SMILES string of the molecule is CC(C=NNC(=O)COc1cccc(C)c1)=Cc1ccccc1. The number of rotatable bonds is 6. The topological polar surface area (TPSA) is 50.7 Å². The summed E-state index contributed by atoms with van der Waals surface area (Å²) in [6.45, 7) is 3.83. The Kier molecular flexibility index (Phi) is 6.12. The minimum absolute atomic E-state index is 0.0672. The van der Waals surface area contributed by atoms with Crippen molar-refractivity contribution in [1.29, 1.82) is 0 Å². The second-order valence-electron chi connectivity index (χ2n) is 5.20. The molecule has 0 heterocycles. The lowest BCUT2D eigenvalue weighted by molar-refractivity contribution is -0.123. The molecule has 0 aliphatic carbocycles. The Hall–Kier alpha value is -2.88. The normalized spacial score (nSPS) is 11.5. The highest BCUT2D eigenvalue weighted by Crippen LogP contribution is 2.11. The van der Waals surface area contributed by atoms with Crippen molar-refractivity contribution in [3.8, 4) is 5.75 Å². The lowest BCUT2D eigenvalue weighted by atomic mass is 10.1. The lowest BCUT2D eigenvalue weighted by Crippen LogP contribution is -2.24. The molecule has 118 valence electrons. The third-order valence-corrected chi connectivity index (χ3v) is 3.01. The predicted octanol–water partition coefficient (Wildman–Crippen LogP) is 3.58. The molecule has 1 amide bonds. The Morgan fingerprint density at radius 2 is 1.96 bits per heavy atom. The Morgan fingerprint density at radius 3 is 2.70 bits per heavy atom. The van der Waals surface area contributed by atoms with Crippen LogP contribution < -0.4 is 10.2 Å². The average molecular weight is 308 g/mol. The molecule has 0 bridgehead atoms. The maximum Gasteiger partial charge on any atom is 0.277 e. The smallest absolute Gasteiger partial charge is 0.277 e. The van der Waals surface area contributed by atoms with Crippen LogP contribution in [0, 0.1) is 6.92 Å². The van der Waals surface area contributed by atoms with Gasteiger partial charge < -0.3 is 4.74 Å². The highest BCUT2D eigenvalue weighted by atomic mass is 16.5. The summed E-state index contributed by atoms with van der Waals surface area (Å²) in [6.07, 6.45) is 3.59. The van der Waals surface area contributed by atoms with Crippen LogP contribution in [-0.4, -0.2) is 18.7 Å². The predicted molar refractivity (Wildman–Crippen MR) is 93.4 cm³/mol. The van der Waals surface area contributed by atoms with E-state index in [0.29, 0.717) is 5.75 Å². The number of carbonyl (C=O) groups excluding carboxylic acids is 1. The number of nitrogens with zero attached hydrogens (tertiary/aromatic N) is 1. The van der Waals surface area contributed by atoms with Crippen molar-refractivity contribution in [2.24, 2.45) is 5.10 Å². The molecule has 2 rings (SSSR count). The Balaban J connectivity index is 1.78. The fourth-order valence-corrected chi connectivity index (χ4v) is 1.94. The molecule has 2 aromatic carbocycles. The van der Waals surface area contributed by atoms with E-state index in [1.54, 1.807) is 6.21 Å². The van der Waals surface area contributed by atoms with Gasteiger partial charge in [-0.1, -0.05) is 48.5 Å². The summed E-state index contributed by atoms with van der Waals surface area (Å²) >= 11 is 0. The van der Waals surface area contributed by atoms with E-state index >= 15 is 0 Å². The summed E-state index contributed by atoms with van der Waals surface area (Å²) in [6, 6.07) is 17.5. The minimum Gasteiger partial charge on any atom is -0.484 e. The maximum atomic E-state index is 11.7. The molecule has 4 heteroatoms. The number of ether oxygens (including phenoxy) is 1. The first-order valence-electron chi connectivity index (χ1n) is 7.38. The third kappa shape index (κ3) is 6.18. The molecule has 23 heavy (non-hydrogen) atoms. The van der Waals surface area contributed by atoms with E-state index in [4.69, 9.17) is 4.74 Å². The van der Waals surface area contributed by atoms with Crippen LogP contribution in [0.5, 0.6) is 5.75 Å². The second-order valence-corrected chi connectivity index (χ2v) is 5.20. The monoisotopic (exact) mass is 308 g/mol. The summed E-state index contributed by atoms with van der Waals surface area (Å²) in [5, 5.41) is 3.92. The van der Waals surface area contributed by atoms with Gasteiger partial charge in [-0.15, -0.1) is 0 Å². The van der Waals surface area contributed by atoms with Gasteiger partial charge in [-0.3, -0.25) is 4.79 Å². The quantitative estimate of drug-likeness (QED) is 0.655. The van der Waals surface area contributed by atoms with Crippen molar-refractivity contribution < 1.29 is 9.53 Å². The van der Waals surface area contributed by atoms with Crippen molar-refractivity contribution in [3.05, 3.63) is 71.3 Å². The van der Waals surface area contributed by atoms with Gasteiger partial charge in [-0.05, 0) is 42.7 Å². The number of aryl methyl sites for hydroxylation is 1. The van der Waals surface area contributed by atoms with Crippen LogP contribution in [-0.2, 0) is 4.79 Å². The van der Waals surface area contributed by atoms with Crippen LogP contribution in [0.25, 0.3) is 6.08 Å². The van der Waals surface area contributed by atoms with Crippen LogP contribution >= 0.6 is 0 Å². The average Bonchev–Trinajstić information content (AvgIpc) is 2.54. The fourth-order valence-electron chi connectivity index (χ4n) is 1.94. The van der Waals surface area contributed by atoms with E-state index in [0.717, 1.165) is 16.7 Å². The third-order valence-electron chi connectivity index (χ3n) is 3.01. The summed E-state index contributed by atoms with van der Waals surface area (Å²) in [5.41, 5.74) is 5.56. The molecule has 0 saturated carbocycles. The summed E-state index contributed by atoms with van der Waals surface area (Å²) in [5.74, 6) is 0.375. The van der Waals surface area contributed by atoms with Crippen LogP contribution in [0.4, 0.5) is 0 Å². The van der Waals surface area contributed by atoms with Gasteiger partial charge in [0.05, 0.1) is 6.21 Å². The van der Waals surface area contributed by atoms with E-state index < -0.39 is 0 Å². The molecule has 0 spiro atoms. The molecule has 0 unspecified atom stereocenters. The highest BCUT2D eigenvalue weighted by Gasteiger charge is 2.01. The van der Waals surface area contributed by atoms with E-state index in [2.05, 4.69) is 10.5 Å². The molecule has 0 atom stereocenters. The number of hydrogen-bond acceptors (Lipinski definition) is 3.